The van der Waals surface area contributed by atoms with E-state index in [0.717, 1.165) is 41.5 Å². The van der Waals surface area contributed by atoms with Crippen LogP contribution in [0.4, 0.5) is 0 Å². The number of pyridine rings is 1. The van der Waals surface area contributed by atoms with Gasteiger partial charge in [-0.05, 0) is 43.0 Å². The van der Waals surface area contributed by atoms with Gasteiger partial charge in [0.25, 0.3) is 0 Å². The van der Waals surface area contributed by atoms with E-state index in [2.05, 4.69) is 15.9 Å². The fourth-order valence-corrected chi connectivity index (χ4v) is 4.06. The quantitative estimate of drug-likeness (QED) is 0.623. The first-order chi connectivity index (χ1) is 13.1. The number of hydrogen-bond donors (Lipinski definition) is 0. The van der Waals surface area contributed by atoms with Crippen LogP contribution in [0.5, 0.6) is 0 Å². The van der Waals surface area contributed by atoms with Gasteiger partial charge in [-0.1, -0.05) is 46.3 Å². The summed E-state index contributed by atoms with van der Waals surface area (Å²) in [5.74, 6) is 0.110. The fraction of sp³-hybridized carbons (Fsp3) is 0.273. The molecule has 1 aliphatic heterocycles. The van der Waals surface area contributed by atoms with Gasteiger partial charge in [-0.25, -0.2) is 0 Å². The van der Waals surface area contributed by atoms with Gasteiger partial charge in [-0.3, -0.25) is 9.59 Å². The average molecular weight is 425 g/mol. The SMILES string of the molecule is O=C(Cn1cc(-c2ccccc2)c(=O)c2ccc(Br)cc21)N1CCCCC1. The lowest BCUT2D eigenvalue weighted by atomic mass is 10.0. The van der Waals surface area contributed by atoms with Crippen molar-refractivity contribution in [1.82, 2.24) is 9.47 Å². The number of amides is 1. The molecule has 4 nitrogen and oxygen atoms in total. The van der Waals surface area contributed by atoms with Crippen LogP contribution in [0.1, 0.15) is 19.3 Å². The highest BCUT2D eigenvalue weighted by atomic mass is 79.9. The molecule has 0 aliphatic carbocycles. The number of fused-ring (bicyclic) bond motifs is 1. The fourth-order valence-electron chi connectivity index (χ4n) is 3.71. The van der Waals surface area contributed by atoms with E-state index in [4.69, 9.17) is 0 Å². The lowest BCUT2D eigenvalue weighted by molar-refractivity contribution is -0.132. The van der Waals surface area contributed by atoms with Crippen molar-refractivity contribution in [2.45, 2.75) is 25.8 Å². The Morgan fingerprint density at radius 2 is 1.74 bits per heavy atom. The third kappa shape index (κ3) is 3.69. The zero-order chi connectivity index (χ0) is 18.8. The van der Waals surface area contributed by atoms with Gasteiger partial charge in [0, 0.05) is 34.7 Å². The highest BCUT2D eigenvalue weighted by Crippen LogP contribution is 2.23. The van der Waals surface area contributed by atoms with Crippen molar-refractivity contribution in [3.05, 3.63) is 69.4 Å². The molecule has 0 unspecified atom stereocenters. The van der Waals surface area contributed by atoms with Crippen LogP contribution in [0.2, 0.25) is 0 Å². The summed E-state index contributed by atoms with van der Waals surface area (Å²) in [6, 6.07) is 15.2. The molecular formula is C22H21BrN2O2. The van der Waals surface area contributed by atoms with Crippen LogP contribution in [0.3, 0.4) is 0 Å². The molecule has 138 valence electrons. The van der Waals surface area contributed by atoms with Crippen molar-refractivity contribution in [3.63, 3.8) is 0 Å². The number of carbonyl (C=O) groups is 1. The second-order valence-corrected chi connectivity index (χ2v) is 7.88. The molecule has 0 atom stereocenters. The van der Waals surface area contributed by atoms with Gasteiger partial charge in [0.05, 0.1) is 5.52 Å². The molecule has 1 aromatic heterocycles. The van der Waals surface area contributed by atoms with Gasteiger partial charge in [0.1, 0.15) is 6.54 Å². The molecule has 0 spiro atoms. The Bertz CT molecular complexity index is 1040. The number of benzene rings is 2. The molecule has 1 saturated heterocycles. The maximum Gasteiger partial charge on any atom is 0.242 e. The average Bonchev–Trinajstić information content (AvgIpc) is 2.71. The number of aromatic nitrogens is 1. The van der Waals surface area contributed by atoms with Crippen LogP contribution >= 0.6 is 15.9 Å². The molecule has 1 fully saturated rings. The van der Waals surface area contributed by atoms with Gasteiger partial charge in [-0.2, -0.15) is 0 Å². The Morgan fingerprint density at radius 3 is 2.48 bits per heavy atom. The lowest BCUT2D eigenvalue weighted by Gasteiger charge is -2.27. The Hall–Kier alpha value is -2.40. The smallest absolute Gasteiger partial charge is 0.242 e. The highest BCUT2D eigenvalue weighted by Gasteiger charge is 2.18. The zero-order valence-corrected chi connectivity index (χ0v) is 16.6. The summed E-state index contributed by atoms with van der Waals surface area (Å²) in [6.45, 7) is 1.89. The number of nitrogens with zero attached hydrogens (tertiary/aromatic N) is 2. The Labute approximate surface area is 166 Å². The molecule has 0 N–H and O–H groups in total. The molecule has 1 amide bonds. The Balaban J connectivity index is 1.82. The van der Waals surface area contributed by atoms with Gasteiger partial charge in [-0.15, -0.1) is 0 Å². The summed E-state index contributed by atoms with van der Waals surface area (Å²) in [7, 11) is 0. The van der Waals surface area contributed by atoms with Crippen molar-refractivity contribution < 1.29 is 4.79 Å². The predicted molar refractivity (Wildman–Crippen MR) is 112 cm³/mol. The minimum Gasteiger partial charge on any atom is -0.341 e. The summed E-state index contributed by atoms with van der Waals surface area (Å²) < 4.78 is 2.81. The minimum atomic E-state index is -0.00892. The van der Waals surface area contributed by atoms with E-state index in [1.54, 1.807) is 0 Å². The molecule has 0 bridgehead atoms. The molecule has 1 aliphatic rings. The number of rotatable bonds is 3. The lowest BCUT2D eigenvalue weighted by Crippen LogP contribution is -2.38. The first kappa shape index (κ1) is 18.0. The van der Waals surface area contributed by atoms with E-state index in [1.165, 1.54) is 6.42 Å². The van der Waals surface area contributed by atoms with Crippen LogP contribution in [-0.4, -0.2) is 28.5 Å². The van der Waals surface area contributed by atoms with Crippen LogP contribution in [0.25, 0.3) is 22.0 Å². The van der Waals surface area contributed by atoms with Gasteiger partial charge < -0.3 is 9.47 Å². The largest absolute Gasteiger partial charge is 0.341 e. The third-order valence-corrected chi connectivity index (χ3v) is 5.64. The van der Waals surface area contributed by atoms with Crippen molar-refractivity contribution in [2.24, 2.45) is 0 Å². The highest BCUT2D eigenvalue weighted by molar-refractivity contribution is 9.10. The maximum atomic E-state index is 13.1. The first-order valence-electron chi connectivity index (χ1n) is 9.29. The van der Waals surface area contributed by atoms with E-state index in [1.807, 2.05) is 64.2 Å². The minimum absolute atomic E-state index is 0.00892. The number of piperidine rings is 1. The maximum absolute atomic E-state index is 13.1. The van der Waals surface area contributed by atoms with Gasteiger partial charge in [0.2, 0.25) is 5.91 Å². The van der Waals surface area contributed by atoms with E-state index in [-0.39, 0.29) is 17.9 Å². The molecule has 3 aromatic rings. The molecular weight excluding hydrogens is 404 g/mol. The Morgan fingerprint density at radius 1 is 1.00 bits per heavy atom. The standard InChI is InChI=1S/C22H21BrN2O2/c23-17-9-10-18-20(13-17)25(15-21(26)24-11-5-2-6-12-24)14-19(22(18)27)16-7-3-1-4-8-16/h1,3-4,7-10,13-14H,2,5-6,11-12,15H2. The van der Waals surface area contributed by atoms with Gasteiger partial charge in [0.15, 0.2) is 5.43 Å². The first-order valence-corrected chi connectivity index (χ1v) is 10.1. The van der Waals surface area contributed by atoms with E-state index in [9.17, 15) is 9.59 Å². The number of halogens is 1. The van der Waals surface area contributed by atoms with Crippen molar-refractivity contribution in [3.8, 4) is 11.1 Å². The van der Waals surface area contributed by atoms with Crippen LogP contribution in [0, 0.1) is 0 Å². The van der Waals surface area contributed by atoms with E-state index < -0.39 is 0 Å². The molecule has 2 heterocycles. The number of hydrogen-bond acceptors (Lipinski definition) is 2. The monoisotopic (exact) mass is 424 g/mol. The van der Waals surface area contributed by atoms with E-state index in [0.29, 0.717) is 10.9 Å². The predicted octanol–water partition coefficient (Wildman–Crippen LogP) is 4.44. The number of carbonyl (C=O) groups excluding carboxylic acids is 1. The zero-order valence-electron chi connectivity index (χ0n) is 15.0. The molecule has 2 aromatic carbocycles. The molecule has 4 rings (SSSR count). The summed E-state index contributed by atoms with van der Waals surface area (Å²) in [5.41, 5.74) is 2.26. The second kappa shape index (κ2) is 7.69. The van der Waals surface area contributed by atoms with Crippen LogP contribution in [-0.2, 0) is 11.3 Å². The molecule has 0 radical (unpaired) electrons. The third-order valence-electron chi connectivity index (χ3n) is 5.14. The van der Waals surface area contributed by atoms with E-state index >= 15 is 0 Å². The summed E-state index contributed by atoms with van der Waals surface area (Å²) in [5, 5.41) is 0.631. The van der Waals surface area contributed by atoms with Crippen molar-refractivity contribution in [1.29, 1.82) is 0 Å². The van der Waals surface area contributed by atoms with Gasteiger partial charge >= 0.3 is 0 Å². The Kier molecular flexibility index (Phi) is 5.12. The normalized spacial score (nSPS) is 14.5. The second-order valence-electron chi connectivity index (χ2n) is 6.97. The van der Waals surface area contributed by atoms with Crippen molar-refractivity contribution in [2.75, 3.05) is 13.1 Å². The van der Waals surface area contributed by atoms with Crippen molar-refractivity contribution >= 4 is 32.7 Å². The molecule has 5 heteroatoms. The molecule has 27 heavy (non-hydrogen) atoms. The summed E-state index contributed by atoms with van der Waals surface area (Å²) >= 11 is 3.49. The number of likely N-dealkylation sites (tertiary alicyclic amines) is 1. The molecule has 0 saturated carbocycles. The topological polar surface area (TPSA) is 42.3 Å². The summed E-state index contributed by atoms with van der Waals surface area (Å²) in [6.07, 6.45) is 5.15. The van der Waals surface area contributed by atoms with Crippen LogP contribution in [0.15, 0.2) is 64.0 Å². The van der Waals surface area contributed by atoms with Crippen LogP contribution < -0.4 is 5.43 Å². The summed E-state index contributed by atoms with van der Waals surface area (Å²) in [4.78, 5) is 27.8.